The van der Waals surface area contributed by atoms with Crippen LogP contribution in [0.25, 0.3) is 0 Å². The molecule has 156 valence electrons. The Hall–Kier alpha value is -2.13. The first-order chi connectivity index (χ1) is 13.6. The van der Waals surface area contributed by atoms with Crippen LogP contribution in [0, 0.1) is 15.5 Å². The van der Waals surface area contributed by atoms with Gasteiger partial charge in [0.15, 0.2) is 5.90 Å². The normalized spacial score (nSPS) is 10.7. The van der Waals surface area contributed by atoms with E-state index in [1.165, 1.54) is 6.20 Å². The number of nitrogens with zero attached hydrogens (tertiary/aromatic N) is 3. The molecule has 3 N–H and O–H groups in total. The van der Waals surface area contributed by atoms with Gasteiger partial charge in [0.1, 0.15) is 10.3 Å². The summed E-state index contributed by atoms with van der Waals surface area (Å²) >= 11 is 22.7. The van der Waals surface area contributed by atoms with Gasteiger partial charge in [0.2, 0.25) is 0 Å². The fourth-order valence-corrected chi connectivity index (χ4v) is 2.53. The molecule has 0 amide bonds. The van der Waals surface area contributed by atoms with Crippen LogP contribution in [0.3, 0.4) is 0 Å². The monoisotopic (exact) mass is 479 g/mol. The van der Waals surface area contributed by atoms with Crippen molar-refractivity contribution < 1.29 is 9.66 Å². The lowest BCUT2D eigenvalue weighted by Crippen LogP contribution is -2.06. The third kappa shape index (κ3) is 9.76. The van der Waals surface area contributed by atoms with E-state index >= 15 is 0 Å². The molecule has 8 nitrogen and oxygen atoms in total. The minimum absolute atomic E-state index is 0.125. The van der Waals surface area contributed by atoms with Gasteiger partial charge in [0.25, 0.3) is 6.20 Å². The predicted octanol–water partition coefficient (Wildman–Crippen LogP) is 4.95. The molecule has 2 rings (SSSR count). The summed E-state index contributed by atoms with van der Waals surface area (Å²) in [6.45, 7) is 2.33. The lowest BCUT2D eigenvalue weighted by atomic mass is 10.2. The third-order valence-electron chi connectivity index (χ3n) is 3.07. The van der Waals surface area contributed by atoms with Gasteiger partial charge >= 0.3 is 0 Å². The zero-order valence-electron chi connectivity index (χ0n) is 15.2. The van der Waals surface area contributed by atoms with Gasteiger partial charge in [-0.1, -0.05) is 46.4 Å². The summed E-state index contributed by atoms with van der Waals surface area (Å²) in [7, 11) is 0. The van der Waals surface area contributed by atoms with Crippen LogP contribution in [0.4, 0.5) is 0 Å². The van der Waals surface area contributed by atoms with Crippen molar-refractivity contribution >= 4 is 52.3 Å². The molecule has 0 spiro atoms. The Kier molecular flexibility index (Phi) is 10.7. The molecule has 0 unspecified atom stereocenters. The molecule has 0 bridgehead atoms. The number of nitro groups is 1. The Labute approximate surface area is 187 Å². The number of nitrogens with two attached hydrogens (primary N) is 1. The number of rotatable bonds is 6. The summed E-state index contributed by atoms with van der Waals surface area (Å²) in [6, 6.07) is 3.25. The molecule has 0 aromatic carbocycles. The molecule has 0 aliphatic heterocycles. The van der Waals surface area contributed by atoms with Crippen LogP contribution < -0.4 is 5.73 Å². The highest BCUT2D eigenvalue weighted by molar-refractivity contribution is 6.41. The second-order valence-electron chi connectivity index (χ2n) is 5.43. The standard InChI is InChI=1S/C9H10Cl2N2O.C8H7Cl2N3O2/c1-2-14-8(12)4-6-3-7(10)9(11)13-5-6;9-7-2-5(3-12-8(7)10)1-6(11)4-13(14)15/h3,5,12H,2,4H2,1H3;2-4H,1,11H2/b;6-4-. The maximum atomic E-state index is 10.1. The summed E-state index contributed by atoms with van der Waals surface area (Å²) in [4.78, 5) is 17.2. The topological polar surface area (TPSA) is 128 Å². The minimum atomic E-state index is -0.611. The Morgan fingerprint density at radius 1 is 1.14 bits per heavy atom. The summed E-state index contributed by atoms with van der Waals surface area (Å²) in [5, 5.41) is 18.7. The van der Waals surface area contributed by atoms with E-state index in [-0.39, 0.29) is 28.3 Å². The molecule has 2 aromatic rings. The fourth-order valence-electron chi connectivity index (χ4n) is 1.94. The van der Waals surface area contributed by atoms with Crippen LogP contribution in [0.15, 0.2) is 36.4 Å². The lowest BCUT2D eigenvalue weighted by molar-refractivity contribution is -0.403. The Bertz CT molecular complexity index is 909. The van der Waals surface area contributed by atoms with Crippen LogP contribution >= 0.6 is 46.4 Å². The van der Waals surface area contributed by atoms with Crippen molar-refractivity contribution in [2.45, 2.75) is 19.8 Å². The van der Waals surface area contributed by atoms with Crippen molar-refractivity contribution in [3.63, 3.8) is 0 Å². The average molecular weight is 481 g/mol. The molecule has 0 atom stereocenters. The van der Waals surface area contributed by atoms with Crippen LogP contribution in [0.5, 0.6) is 0 Å². The van der Waals surface area contributed by atoms with Gasteiger partial charge < -0.3 is 10.5 Å². The molecule has 0 aliphatic rings. The van der Waals surface area contributed by atoms with Gasteiger partial charge in [-0.05, 0) is 30.2 Å². The number of halogens is 4. The van der Waals surface area contributed by atoms with E-state index in [1.54, 1.807) is 18.3 Å². The first-order valence-electron chi connectivity index (χ1n) is 8.02. The summed E-state index contributed by atoms with van der Waals surface area (Å²) in [6.07, 6.45) is 4.39. The first kappa shape index (κ1) is 24.9. The maximum Gasteiger partial charge on any atom is 0.253 e. The Morgan fingerprint density at radius 2 is 1.62 bits per heavy atom. The molecular weight excluding hydrogens is 464 g/mol. The second kappa shape index (κ2) is 12.4. The van der Waals surface area contributed by atoms with E-state index < -0.39 is 4.92 Å². The lowest BCUT2D eigenvalue weighted by Gasteiger charge is -2.05. The summed E-state index contributed by atoms with van der Waals surface area (Å²) in [5.74, 6) is 0.202. The van der Waals surface area contributed by atoms with E-state index in [9.17, 15) is 10.1 Å². The Balaban J connectivity index is 0.000000291. The largest absolute Gasteiger partial charge is 0.481 e. The van der Waals surface area contributed by atoms with Crippen molar-refractivity contribution in [2.75, 3.05) is 6.61 Å². The van der Waals surface area contributed by atoms with E-state index in [4.69, 9.17) is 62.3 Å². The van der Waals surface area contributed by atoms with Gasteiger partial charge in [-0.15, -0.1) is 0 Å². The summed E-state index contributed by atoms with van der Waals surface area (Å²) < 4.78 is 5.00. The van der Waals surface area contributed by atoms with E-state index in [2.05, 4.69) is 9.97 Å². The van der Waals surface area contributed by atoms with E-state index in [0.717, 1.165) is 11.8 Å². The summed E-state index contributed by atoms with van der Waals surface area (Å²) in [5.41, 5.74) is 7.02. The minimum Gasteiger partial charge on any atom is -0.481 e. The van der Waals surface area contributed by atoms with Crippen LogP contribution in [0.2, 0.25) is 20.4 Å². The van der Waals surface area contributed by atoms with Gasteiger partial charge in [-0.2, -0.15) is 0 Å². The molecule has 0 aliphatic carbocycles. The van der Waals surface area contributed by atoms with Crippen molar-refractivity contribution in [1.82, 2.24) is 9.97 Å². The number of aromatic nitrogens is 2. The molecule has 0 radical (unpaired) electrons. The smallest absolute Gasteiger partial charge is 0.253 e. The number of pyridine rings is 2. The number of ether oxygens (including phenoxy) is 1. The molecule has 2 heterocycles. The highest BCUT2D eigenvalue weighted by Crippen LogP contribution is 2.21. The predicted molar refractivity (Wildman–Crippen MR) is 115 cm³/mol. The maximum absolute atomic E-state index is 10.1. The molecule has 29 heavy (non-hydrogen) atoms. The van der Waals surface area contributed by atoms with Crippen molar-refractivity contribution in [1.29, 1.82) is 5.41 Å². The van der Waals surface area contributed by atoms with Crippen LogP contribution in [-0.4, -0.2) is 27.4 Å². The van der Waals surface area contributed by atoms with E-state index in [0.29, 0.717) is 28.6 Å². The van der Waals surface area contributed by atoms with Gasteiger partial charge in [-0.25, -0.2) is 9.97 Å². The molecule has 2 aromatic heterocycles. The number of hydrogen-bond donors (Lipinski definition) is 2. The SMILES string of the molecule is CCOC(=N)Cc1cnc(Cl)c(Cl)c1.N/C(=C\[N+](=O)[O-])Cc1cnc(Cl)c(Cl)c1. The van der Waals surface area contributed by atoms with Gasteiger partial charge in [0, 0.05) is 25.2 Å². The fraction of sp³-hybridized carbons (Fsp3) is 0.235. The Morgan fingerprint density at radius 3 is 2.03 bits per heavy atom. The molecular formula is C17H17Cl4N5O3. The van der Waals surface area contributed by atoms with E-state index in [1.807, 2.05) is 6.92 Å². The first-order valence-corrected chi connectivity index (χ1v) is 9.53. The highest BCUT2D eigenvalue weighted by atomic mass is 35.5. The zero-order valence-corrected chi connectivity index (χ0v) is 18.2. The van der Waals surface area contributed by atoms with Crippen molar-refractivity contribution in [3.8, 4) is 0 Å². The molecule has 12 heteroatoms. The number of nitrogens with one attached hydrogen (secondary N) is 1. The number of hydrogen-bond acceptors (Lipinski definition) is 7. The zero-order chi connectivity index (χ0) is 22.0. The highest BCUT2D eigenvalue weighted by Gasteiger charge is 2.05. The second-order valence-corrected chi connectivity index (χ2v) is 6.96. The molecule has 0 saturated carbocycles. The van der Waals surface area contributed by atoms with Crippen molar-refractivity contribution in [2.24, 2.45) is 5.73 Å². The quantitative estimate of drug-likeness (QED) is 0.198. The van der Waals surface area contributed by atoms with Crippen molar-refractivity contribution in [3.05, 3.63) is 78.0 Å². The average Bonchev–Trinajstić information content (AvgIpc) is 2.61. The van der Waals surface area contributed by atoms with Gasteiger partial charge in [-0.3, -0.25) is 15.5 Å². The molecule has 0 fully saturated rings. The third-order valence-corrected chi connectivity index (χ3v) is 4.44. The van der Waals surface area contributed by atoms with Crippen LogP contribution in [0.1, 0.15) is 18.1 Å². The van der Waals surface area contributed by atoms with Crippen LogP contribution in [-0.2, 0) is 17.6 Å². The van der Waals surface area contributed by atoms with Gasteiger partial charge in [0.05, 0.1) is 27.3 Å². The molecule has 0 saturated heterocycles. The number of allylic oxidation sites excluding steroid dienone is 1.